The number of piperidine rings is 1. The average Bonchev–Trinajstić information content (AvgIpc) is 2.40. The van der Waals surface area contributed by atoms with E-state index in [9.17, 15) is 0 Å². The Morgan fingerprint density at radius 2 is 1.67 bits per heavy atom. The topological polar surface area (TPSA) is 15.3 Å². The number of rotatable bonds is 5. The number of hydrogen-bond donors (Lipinski definition) is 1. The van der Waals surface area contributed by atoms with Crippen molar-refractivity contribution >= 4 is 12.4 Å². The summed E-state index contributed by atoms with van der Waals surface area (Å²) in [7, 11) is 0. The minimum atomic E-state index is 0. The van der Waals surface area contributed by atoms with Gasteiger partial charge in [-0.05, 0) is 57.7 Å². The zero-order valence-electron chi connectivity index (χ0n) is 12.0. The minimum Gasteiger partial charge on any atom is -0.317 e. The molecule has 0 atom stereocenters. The highest BCUT2D eigenvalue weighted by Crippen LogP contribution is 2.26. The molecule has 2 nitrogen and oxygen atoms in total. The number of nitrogens with zero attached hydrogens (tertiary/aromatic N) is 1. The molecule has 0 radical (unpaired) electrons. The predicted octanol–water partition coefficient (Wildman–Crippen LogP) is 3.45. The fourth-order valence-electron chi connectivity index (χ4n) is 3.58. The van der Waals surface area contributed by atoms with Gasteiger partial charge in [0, 0.05) is 12.6 Å². The molecule has 0 spiro atoms. The highest BCUT2D eigenvalue weighted by molar-refractivity contribution is 5.85. The molecule has 1 saturated carbocycles. The highest BCUT2D eigenvalue weighted by Gasteiger charge is 2.23. The van der Waals surface area contributed by atoms with Crippen LogP contribution in [0.5, 0.6) is 0 Å². The molecule has 1 aliphatic heterocycles. The maximum atomic E-state index is 3.49. The fraction of sp³-hybridized carbons (Fsp3) is 1.00. The van der Waals surface area contributed by atoms with Gasteiger partial charge in [-0.3, -0.25) is 0 Å². The molecular weight excluding hydrogens is 244 g/mol. The number of halogens is 1. The highest BCUT2D eigenvalue weighted by atomic mass is 35.5. The van der Waals surface area contributed by atoms with Crippen LogP contribution in [0.4, 0.5) is 0 Å². The van der Waals surface area contributed by atoms with Crippen molar-refractivity contribution in [3.63, 3.8) is 0 Å². The zero-order chi connectivity index (χ0) is 11.9. The lowest BCUT2D eigenvalue weighted by Crippen LogP contribution is -2.45. The normalized spacial score (nSPS) is 23.0. The van der Waals surface area contributed by atoms with Crippen LogP contribution in [-0.2, 0) is 0 Å². The molecule has 1 aliphatic carbocycles. The maximum Gasteiger partial charge on any atom is 0.0119 e. The van der Waals surface area contributed by atoms with E-state index in [1.807, 2.05) is 0 Å². The molecule has 1 N–H and O–H groups in total. The molecule has 0 aromatic carbocycles. The summed E-state index contributed by atoms with van der Waals surface area (Å²) in [6.07, 6.45) is 11.5. The Labute approximate surface area is 119 Å². The van der Waals surface area contributed by atoms with Crippen LogP contribution in [0.25, 0.3) is 0 Å². The fourth-order valence-corrected chi connectivity index (χ4v) is 3.58. The maximum absolute atomic E-state index is 3.49. The predicted molar refractivity (Wildman–Crippen MR) is 81.6 cm³/mol. The molecule has 18 heavy (non-hydrogen) atoms. The third kappa shape index (κ3) is 5.07. The quantitative estimate of drug-likeness (QED) is 0.826. The van der Waals surface area contributed by atoms with Gasteiger partial charge in [-0.1, -0.05) is 26.2 Å². The van der Waals surface area contributed by atoms with E-state index in [0.717, 1.165) is 12.0 Å². The largest absolute Gasteiger partial charge is 0.317 e. The van der Waals surface area contributed by atoms with Crippen molar-refractivity contribution in [3.8, 4) is 0 Å². The van der Waals surface area contributed by atoms with Gasteiger partial charge in [-0.15, -0.1) is 12.4 Å². The van der Waals surface area contributed by atoms with E-state index in [2.05, 4.69) is 17.1 Å². The van der Waals surface area contributed by atoms with Crippen LogP contribution in [0.2, 0.25) is 0 Å². The minimum absolute atomic E-state index is 0. The lowest BCUT2D eigenvalue weighted by atomic mass is 9.88. The monoisotopic (exact) mass is 274 g/mol. The summed E-state index contributed by atoms with van der Waals surface area (Å²) >= 11 is 0. The molecule has 0 amide bonds. The summed E-state index contributed by atoms with van der Waals surface area (Å²) in [5.74, 6) is 1.00. The van der Waals surface area contributed by atoms with Crippen molar-refractivity contribution in [3.05, 3.63) is 0 Å². The molecule has 108 valence electrons. The first-order valence-electron chi connectivity index (χ1n) is 7.85. The Hall–Kier alpha value is 0.210. The van der Waals surface area contributed by atoms with Crippen LogP contribution >= 0.6 is 12.4 Å². The average molecular weight is 275 g/mol. The summed E-state index contributed by atoms with van der Waals surface area (Å²) in [4.78, 5) is 2.82. The van der Waals surface area contributed by atoms with Gasteiger partial charge in [0.05, 0.1) is 0 Å². The lowest BCUT2D eigenvalue weighted by Gasteiger charge is -2.37. The molecule has 0 aromatic heterocycles. The third-order valence-corrected chi connectivity index (χ3v) is 4.55. The van der Waals surface area contributed by atoms with E-state index in [-0.39, 0.29) is 12.4 Å². The van der Waals surface area contributed by atoms with E-state index in [0.29, 0.717) is 0 Å². The molecule has 2 fully saturated rings. The molecule has 1 saturated heterocycles. The summed E-state index contributed by atoms with van der Waals surface area (Å²) in [6, 6.07) is 0.873. The van der Waals surface area contributed by atoms with Crippen molar-refractivity contribution in [2.75, 3.05) is 26.2 Å². The Balaban J connectivity index is 0.00000162. The van der Waals surface area contributed by atoms with Gasteiger partial charge >= 0.3 is 0 Å². The van der Waals surface area contributed by atoms with Crippen LogP contribution in [0.3, 0.4) is 0 Å². The smallest absolute Gasteiger partial charge is 0.0119 e. The molecule has 2 rings (SSSR count). The Morgan fingerprint density at radius 3 is 2.28 bits per heavy atom. The Morgan fingerprint density at radius 1 is 1.00 bits per heavy atom. The summed E-state index contributed by atoms with van der Waals surface area (Å²) in [5, 5.41) is 3.49. The van der Waals surface area contributed by atoms with Gasteiger partial charge < -0.3 is 10.2 Å². The van der Waals surface area contributed by atoms with Gasteiger partial charge in [0.25, 0.3) is 0 Å². The summed E-state index contributed by atoms with van der Waals surface area (Å²) in [5.41, 5.74) is 0. The van der Waals surface area contributed by atoms with Gasteiger partial charge in [0.2, 0.25) is 0 Å². The van der Waals surface area contributed by atoms with Gasteiger partial charge in [0.1, 0.15) is 0 Å². The second-order valence-electron chi connectivity index (χ2n) is 5.98. The lowest BCUT2D eigenvalue weighted by molar-refractivity contribution is 0.125. The SMILES string of the molecule is CCCN(CC1CCCCC1)C1CCNCC1.Cl. The summed E-state index contributed by atoms with van der Waals surface area (Å²) < 4.78 is 0. The molecule has 0 bridgehead atoms. The molecular formula is C15H31ClN2. The summed E-state index contributed by atoms with van der Waals surface area (Å²) in [6.45, 7) is 7.50. The van der Waals surface area contributed by atoms with Crippen molar-refractivity contribution in [2.24, 2.45) is 5.92 Å². The van der Waals surface area contributed by atoms with E-state index < -0.39 is 0 Å². The Kier molecular flexibility index (Phi) is 8.28. The second kappa shape index (κ2) is 9.17. The molecule has 2 aliphatic rings. The van der Waals surface area contributed by atoms with Gasteiger partial charge in [0.15, 0.2) is 0 Å². The first kappa shape index (κ1) is 16.3. The van der Waals surface area contributed by atoms with Crippen LogP contribution in [-0.4, -0.2) is 37.1 Å². The molecule has 1 heterocycles. The molecule has 3 heteroatoms. The third-order valence-electron chi connectivity index (χ3n) is 4.55. The number of hydrogen-bond acceptors (Lipinski definition) is 2. The zero-order valence-corrected chi connectivity index (χ0v) is 12.8. The van der Waals surface area contributed by atoms with Crippen molar-refractivity contribution < 1.29 is 0 Å². The molecule has 0 unspecified atom stereocenters. The van der Waals surface area contributed by atoms with Crippen LogP contribution < -0.4 is 5.32 Å². The Bertz CT molecular complexity index is 199. The van der Waals surface area contributed by atoms with Crippen molar-refractivity contribution in [2.45, 2.75) is 64.3 Å². The first-order chi connectivity index (χ1) is 8.40. The molecule has 0 aromatic rings. The van der Waals surface area contributed by atoms with E-state index in [4.69, 9.17) is 0 Å². The standard InChI is InChI=1S/C15H30N2.ClH/c1-2-12-17(15-8-10-16-11-9-15)13-14-6-4-3-5-7-14;/h14-16H,2-13H2,1H3;1H. The van der Waals surface area contributed by atoms with Crippen LogP contribution in [0, 0.1) is 5.92 Å². The van der Waals surface area contributed by atoms with E-state index in [1.54, 1.807) is 0 Å². The number of nitrogens with one attached hydrogen (secondary N) is 1. The van der Waals surface area contributed by atoms with Crippen molar-refractivity contribution in [1.82, 2.24) is 10.2 Å². The van der Waals surface area contributed by atoms with Crippen molar-refractivity contribution in [1.29, 1.82) is 0 Å². The van der Waals surface area contributed by atoms with E-state index in [1.165, 1.54) is 77.5 Å². The second-order valence-corrected chi connectivity index (χ2v) is 5.98. The van der Waals surface area contributed by atoms with E-state index >= 15 is 0 Å². The van der Waals surface area contributed by atoms with Gasteiger partial charge in [-0.2, -0.15) is 0 Å². The first-order valence-corrected chi connectivity index (χ1v) is 7.85. The van der Waals surface area contributed by atoms with Crippen LogP contribution in [0.1, 0.15) is 58.3 Å². The van der Waals surface area contributed by atoms with Gasteiger partial charge in [-0.25, -0.2) is 0 Å². The van der Waals surface area contributed by atoms with Crippen LogP contribution in [0.15, 0.2) is 0 Å².